The highest BCUT2D eigenvalue weighted by Crippen LogP contribution is 2.42. The first kappa shape index (κ1) is 35.4. The average molecular weight is 595 g/mol. The first-order valence-corrected chi connectivity index (χ1v) is 17.7. The van der Waals surface area contributed by atoms with Crippen molar-refractivity contribution in [2.75, 3.05) is 20.3 Å². The van der Waals surface area contributed by atoms with E-state index in [0.717, 1.165) is 11.3 Å². The Kier molecular flexibility index (Phi) is 13.1. The molecule has 1 N–H and O–H groups in total. The van der Waals surface area contributed by atoms with Crippen LogP contribution in [0.15, 0.2) is 36.4 Å². The summed E-state index contributed by atoms with van der Waals surface area (Å²) in [4.78, 5) is 11.6. The quantitative estimate of drug-likeness (QED) is 0.131. The lowest BCUT2D eigenvalue weighted by molar-refractivity contribution is -0.155. The van der Waals surface area contributed by atoms with E-state index in [0.29, 0.717) is 39.1 Å². The molecule has 1 aromatic rings. The molecule has 1 aliphatic rings. The number of rotatable bonds is 16. The number of aliphatic hydroxyl groups excluding tert-OH is 1. The first-order valence-electron chi connectivity index (χ1n) is 14.8. The van der Waals surface area contributed by atoms with Crippen molar-refractivity contribution in [3.05, 3.63) is 42.0 Å². The topological polar surface area (TPSA) is 92.7 Å². The van der Waals surface area contributed by atoms with Crippen LogP contribution in [-0.4, -0.2) is 69.4 Å². The van der Waals surface area contributed by atoms with Gasteiger partial charge < -0.3 is 33.2 Å². The maximum absolute atomic E-state index is 11.6. The molecule has 1 saturated heterocycles. The number of esters is 1. The van der Waals surface area contributed by atoms with Gasteiger partial charge in [0, 0.05) is 12.8 Å². The van der Waals surface area contributed by atoms with Gasteiger partial charge in [-0.2, -0.15) is 0 Å². The van der Waals surface area contributed by atoms with Crippen LogP contribution in [0.5, 0.6) is 5.75 Å². The number of carbonyl (C=O) groups is 1. The summed E-state index contributed by atoms with van der Waals surface area (Å²) in [6.45, 7) is 20.0. The van der Waals surface area contributed by atoms with Crippen LogP contribution >= 0.6 is 0 Å². The van der Waals surface area contributed by atoms with E-state index < -0.39 is 25.8 Å². The number of benzene rings is 1. The Morgan fingerprint density at radius 3 is 2.41 bits per heavy atom. The molecular formula is C32H54O8Si. The number of hydrogen-bond donors (Lipinski definition) is 1. The van der Waals surface area contributed by atoms with E-state index in [2.05, 4.69) is 33.9 Å². The fourth-order valence-corrected chi connectivity index (χ4v) is 5.95. The molecule has 0 radical (unpaired) electrons. The Hall–Kier alpha value is -1.75. The molecular weight excluding hydrogens is 540 g/mol. The van der Waals surface area contributed by atoms with Gasteiger partial charge in [-0.15, -0.1) is 0 Å². The van der Waals surface area contributed by atoms with Crippen molar-refractivity contribution in [2.45, 2.75) is 129 Å². The van der Waals surface area contributed by atoms with Crippen molar-refractivity contribution < 1.29 is 38.0 Å². The zero-order chi connectivity index (χ0) is 30.9. The summed E-state index contributed by atoms with van der Waals surface area (Å²) in [5.74, 6) is -0.235. The van der Waals surface area contributed by atoms with E-state index >= 15 is 0 Å². The summed E-state index contributed by atoms with van der Waals surface area (Å²) in [6.07, 6.45) is 4.25. The van der Waals surface area contributed by atoms with Gasteiger partial charge in [0.15, 0.2) is 14.1 Å². The molecule has 1 aromatic carbocycles. The third kappa shape index (κ3) is 11.5. The van der Waals surface area contributed by atoms with E-state index in [1.54, 1.807) is 20.1 Å². The Morgan fingerprint density at radius 2 is 1.83 bits per heavy atom. The van der Waals surface area contributed by atoms with Crippen molar-refractivity contribution in [2.24, 2.45) is 0 Å². The van der Waals surface area contributed by atoms with E-state index in [9.17, 15) is 9.90 Å². The van der Waals surface area contributed by atoms with Gasteiger partial charge in [0.05, 0.1) is 45.2 Å². The monoisotopic (exact) mass is 594 g/mol. The largest absolute Gasteiger partial charge is 0.497 e. The smallest absolute Gasteiger partial charge is 0.305 e. The second kappa shape index (κ2) is 15.1. The van der Waals surface area contributed by atoms with Gasteiger partial charge in [-0.3, -0.25) is 4.79 Å². The predicted octanol–water partition coefficient (Wildman–Crippen LogP) is 6.55. The maximum Gasteiger partial charge on any atom is 0.305 e. The van der Waals surface area contributed by atoms with Crippen molar-refractivity contribution in [3.63, 3.8) is 0 Å². The zero-order valence-corrected chi connectivity index (χ0v) is 28.0. The molecule has 1 aliphatic heterocycles. The SMILES string of the molecule is CCOC(=O)CCC[C@@H](O)/C=C/[C@@]1(C)OC(C)(C)O[C@@H]1C[C@H](COCc1ccc(OC)cc1)O[Si](C)(C)C(C)(C)C. The lowest BCUT2D eigenvalue weighted by Crippen LogP contribution is -2.47. The van der Waals surface area contributed by atoms with Crippen molar-refractivity contribution in [1.82, 2.24) is 0 Å². The van der Waals surface area contributed by atoms with Crippen LogP contribution in [0.1, 0.15) is 79.7 Å². The highest BCUT2D eigenvalue weighted by atomic mass is 28.4. The predicted molar refractivity (Wildman–Crippen MR) is 163 cm³/mol. The van der Waals surface area contributed by atoms with Gasteiger partial charge in [0.25, 0.3) is 0 Å². The Morgan fingerprint density at radius 1 is 1.17 bits per heavy atom. The molecule has 234 valence electrons. The summed E-state index contributed by atoms with van der Waals surface area (Å²) in [5.41, 5.74) is 0.277. The second-order valence-electron chi connectivity index (χ2n) is 13.0. The molecule has 2 rings (SSSR count). The van der Waals surface area contributed by atoms with Crippen LogP contribution in [0.25, 0.3) is 0 Å². The van der Waals surface area contributed by atoms with Crippen molar-refractivity contribution in [1.29, 1.82) is 0 Å². The molecule has 0 aliphatic carbocycles. The molecule has 1 heterocycles. The molecule has 0 aromatic heterocycles. The van der Waals surface area contributed by atoms with E-state index in [4.69, 9.17) is 28.1 Å². The van der Waals surface area contributed by atoms with Gasteiger partial charge >= 0.3 is 5.97 Å². The van der Waals surface area contributed by atoms with Crippen LogP contribution < -0.4 is 4.74 Å². The lowest BCUT2D eigenvalue weighted by Gasteiger charge is -2.40. The van der Waals surface area contributed by atoms with Crippen LogP contribution in [0, 0.1) is 0 Å². The standard InChI is InChI=1S/C32H54O8Si/c1-11-37-29(34)14-12-13-25(33)19-20-32(7)28(38-31(5,6)40-32)21-27(39-41(9,10)30(2,3)4)23-36-22-24-15-17-26(35-8)18-16-24/h15-20,25,27-28,33H,11-14,21-23H2,1-10H3/b20-19+/t25-,27-,28-,32-/m1/s1. The molecule has 0 amide bonds. The van der Waals surface area contributed by atoms with Crippen LogP contribution in [0.3, 0.4) is 0 Å². The number of aliphatic hydroxyl groups is 1. The van der Waals surface area contributed by atoms with Crippen molar-refractivity contribution >= 4 is 14.3 Å². The highest BCUT2D eigenvalue weighted by Gasteiger charge is 2.50. The fraction of sp³-hybridized carbons (Fsp3) is 0.719. The molecule has 0 spiro atoms. The summed E-state index contributed by atoms with van der Waals surface area (Å²) in [6, 6.07) is 7.85. The fourth-order valence-electron chi connectivity index (χ4n) is 4.60. The number of carbonyl (C=O) groups excluding carboxylic acids is 1. The third-order valence-corrected chi connectivity index (χ3v) is 12.4. The first-order chi connectivity index (χ1) is 19.0. The molecule has 0 bridgehead atoms. The molecule has 9 heteroatoms. The van der Waals surface area contributed by atoms with Crippen molar-refractivity contribution in [3.8, 4) is 5.75 Å². The Balaban J connectivity index is 2.14. The Labute approximate surface area is 248 Å². The average Bonchev–Trinajstić information content (AvgIpc) is 3.10. The summed E-state index contributed by atoms with van der Waals surface area (Å²) >= 11 is 0. The van der Waals surface area contributed by atoms with Gasteiger partial charge in [-0.25, -0.2) is 0 Å². The molecule has 1 fully saturated rings. The third-order valence-electron chi connectivity index (χ3n) is 7.84. The second-order valence-corrected chi connectivity index (χ2v) is 17.8. The van der Waals surface area contributed by atoms with Gasteiger partial charge in [0.2, 0.25) is 0 Å². The summed E-state index contributed by atoms with van der Waals surface area (Å²) < 4.78 is 36.1. The molecule has 8 nitrogen and oxygen atoms in total. The van der Waals surface area contributed by atoms with Gasteiger partial charge in [0.1, 0.15) is 11.4 Å². The molecule has 41 heavy (non-hydrogen) atoms. The van der Waals surface area contributed by atoms with E-state index in [1.165, 1.54) is 0 Å². The van der Waals surface area contributed by atoms with E-state index in [1.807, 2.05) is 51.1 Å². The number of ether oxygens (including phenoxy) is 5. The molecule has 4 atom stereocenters. The zero-order valence-electron chi connectivity index (χ0n) is 27.0. The minimum absolute atomic E-state index is 0.0321. The lowest BCUT2D eigenvalue weighted by atomic mass is 9.93. The number of methoxy groups -OCH3 is 1. The van der Waals surface area contributed by atoms with Crippen LogP contribution in [0.4, 0.5) is 0 Å². The van der Waals surface area contributed by atoms with Crippen LogP contribution in [-0.2, 0) is 34.8 Å². The minimum atomic E-state index is -2.12. The van der Waals surface area contributed by atoms with Gasteiger partial charge in [-0.1, -0.05) is 45.1 Å². The van der Waals surface area contributed by atoms with E-state index in [-0.39, 0.29) is 29.6 Å². The summed E-state index contributed by atoms with van der Waals surface area (Å²) in [5, 5.41) is 10.6. The maximum atomic E-state index is 11.6. The molecule has 0 unspecified atom stereocenters. The Bertz CT molecular complexity index is 969. The number of hydrogen-bond acceptors (Lipinski definition) is 8. The minimum Gasteiger partial charge on any atom is -0.497 e. The molecule has 0 saturated carbocycles. The highest BCUT2D eigenvalue weighted by molar-refractivity contribution is 6.74. The summed E-state index contributed by atoms with van der Waals surface area (Å²) in [7, 11) is -0.466. The van der Waals surface area contributed by atoms with Gasteiger partial charge in [-0.05, 0) is 76.4 Å². The van der Waals surface area contributed by atoms with Crippen LogP contribution in [0.2, 0.25) is 18.1 Å². The normalized spacial score (nSPS) is 22.6.